The molecule has 0 aliphatic carbocycles. The summed E-state index contributed by atoms with van der Waals surface area (Å²) in [5.41, 5.74) is 2.02. The summed E-state index contributed by atoms with van der Waals surface area (Å²) >= 11 is 0. The summed E-state index contributed by atoms with van der Waals surface area (Å²) in [5, 5.41) is 4.04. The van der Waals surface area contributed by atoms with Crippen LogP contribution < -0.4 is 10.1 Å². The number of rotatable bonds is 7. The third-order valence-electron chi connectivity index (χ3n) is 3.78. The van der Waals surface area contributed by atoms with Gasteiger partial charge < -0.3 is 10.1 Å². The fourth-order valence-corrected chi connectivity index (χ4v) is 2.53. The minimum absolute atomic E-state index is 0.0348. The highest BCUT2D eigenvalue weighted by atomic mass is 16.5. The Morgan fingerprint density at radius 1 is 1.00 bits per heavy atom. The van der Waals surface area contributed by atoms with Crippen molar-refractivity contribution < 1.29 is 9.53 Å². The zero-order valence-electron chi connectivity index (χ0n) is 13.4. The largest absolute Gasteiger partial charge is 0.494 e. The number of para-hydroxylation sites is 2. The molecule has 0 fully saturated rings. The quantitative estimate of drug-likeness (QED) is 0.675. The number of pyridine rings is 1. The van der Waals surface area contributed by atoms with Crippen molar-refractivity contribution in [1.29, 1.82) is 0 Å². The lowest BCUT2D eigenvalue weighted by Crippen LogP contribution is -2.23. The maximum absolute atomic E-state index is 12.0. The molecule has 1 N–H and O–H groups in total. The molecule has 24 heavy (non-hydrogen) atoms. The van der Waals surface area contributed by atoms with Crippen LogP contribution in [0.15, 0.2) is 66.9 Å². The monoisotopic (exact) mass is 320 g/mol. The molecule has 0 atom stereocenters. The average Bonchev–Trinajstić information content (AvgIpc) is 2.64. The maximum atomic E-state index is 12.0. The van der Waals surface area contributed by atoms with Crippen molar-refractivity contribution in [2.75, 3.05) is 6.61 Å². The molecule has 1 heterocycles. The highest BCUT2D eigenvalue weighted by Gasteiger charge is 2.05. The topological polar surface area (TPSA) is 51.2 Å². The number of nitrogens with zero attached hydrogens (tertiary/aromatic N) is 1. The predicted octanol–water partition coefficient (Wildman–Crippen LogP) is 3.71. The van der Waals surface area contributed by atoms with E-state index < -0.39 is 0 Å². The van der Waals surface area contributed by atoms with Gasteiger partial charge in [-0.25, -0.2) is 0 Å². The van der Waals surface area contributed by atoms with E-state index >= 15 is 0 Å². The Morgan fingerprint density at radius 2 is 1.79 bits per heavy atom. The second-order valence-electron chi connectivity index (χ2n) is 5.53. The van der Waals surface area contributed by atoms with Gasteiger partial charge in [-0.1, -0.05) is 36.4 Å². The molecular formula is C20H20N2O2. The number of benzene rings is 2. The van der Waals surface area contributed by atoms with Gasteiger partial charge in [0.25, 0.3) is 0 Å². The molecule has 4 nitrogen and oxygen atoms in total. The SMILES string of the molecule is O=C(CCCOc1ccccc1)NCc1ccnc2ccccc12. The van der Waals surface area contributed by atoms with Gasteiger partial charge in [0.15, 0.2) is 0 Å². The molecule has 0 aliphatic rings. The number of ether oxygens (including phenoxy) is 1. The molecule has 0 spiro atoms. The van der Waals surface area contributed by atoms with Crippen molar-refractivity contribution in [3.8, 4) is 5.75 Å². The summed E-state index contributed by atoms with van der Waals surface area (Å²) in [6.45, 7) is 1.05. The summed E-state index contributed by atoms with van der Waals surface area (Å²) in [5.74, 6) is 0.869. The van der Waals surface area contributed by atoms with Gasteiger partial charge in [-0.2, -0.15) is 0 Å². The normalized spacial score (nSPS) is 10.5. The Morgan fingerprint density at radius 3 is 2.67 bits per heavy atom. The summed E-state index contributed by atoms with van der Waals surface area (Å²) in [7, 11) is 0. The second kappa shape index (κ2) is 8.11. The van der Waals surface area contributed by atoms with E-state index in [0.29, 0.717) is 26.0 Å². The zero-order chi connectivity index (χ0) is 16.6. The van der Waals surface area contributed by atoms with Crippen LogP contribution in [0, 0.1) is 0 Å². The molecule has 2 aromatic carbocycles. The minimum atomic E-state index is 0.0348. The van der Waals surface area contributed by atoms with Crippen LogP contribution in [0.25, 0.3) is 10.9 Å². The Bertz CT molecular complexity index is 798. The van der Waals surface area contributed by atoms with E-state index in [-0.39, 0.29) is 5.91 Å². The van der Waals surface area contributed by atoms with Gasteiger partial charge in [0.05, 0.1) is 12.1 Å². The highest BCUT2D eigenvalue weighted by Crippen LogP contribution is 2.15. The lowest BCUT2D eigenvalue weighted by molar-refractivity contribution is -0.121. The molecule has 0 unspecified atom stereocenters. The van der Waals surface area contributed by atoms with Gasteiger partial charge in [-0.3, -0.25) is 9.78 Å². The van der Waals surface area contributed by atoms with Crippen LogP contribution in [-0.4, -0.2) is 17.5 Å². The van der Waals surface area contributed by atoms with Crippen LogP contribution >= 0.6 is 0 Å². The molecule has 1 aromatic heterocycles. The summed E-state index contributed by atoms with van der Waals surface area (Å²) in [6.07, 6.45) is 2.92. The van der Waals surface area contributed by atoms with Crippen LogP contribution in [0.1, 0.15) is 18.4 Å². The minimum Gasteiger partial charge on any atom is -0.494 e. The van der Waals surface area contributed by atoms with Gasteiger partial charge in [-0.05, 0) is 36.2 Å². The number of carbonyl (C=O) groups is 1. The van der Waals surface area contributed by atoms with Crippen LogP contribution in [0.4, 0.5) is 0 Å². The van der Waals surface area contributed by atoms with E-state index in [9.17, 15) is 4.79 Å². The molecule has 0 radical (unpaired) electrons. The molecule has 3 aromatic rings. The Labute approximate surface area is 141 Å². The van der Waals surface area contributed by atoms with Crippen molar-refractivity contribution in [3.05, 3.63) is 72.4 Å². The van der Waals surface area contributed by atoms with Crippen molar-refractivity contribution in [3.63, 3.8) is 0 Å². The number of nitrogens with one attached hydrogen (secondary N) is 1. The molecule has 122 valence electrons. The lowest BCUT2D eigenvalue weighted by Gasteiger charge is -2.09. The third-order valence-corrected chi connectivity index (χ3v) is 3.78. The van der Waals surface area contributed by atoms with Crippen molar-refractivity contribution >= 4 is 16.8 Å². The first-order valence-corrected chi connectivity index (χ1v) is 8.10. The first-order chi connectivity index (χ1) is 11.8. The van der Waals surface area contributed by atoms with Crippen molar-refractivity contribution in [1.82, 2.24) is 10.3 Å². The Kier molecular flexibility index (Phi) is 5.40. The highest BCUT2D eigenvalue weighted by molar-refractivity contribution is 5.82. The summed E-state index contributed by atoms with van der Waals surface area (Å²) < 4.78 is 5.59. The maximum Gasteiger partial charge on any atom is 0.220 e. The van der Waals surface area contributed by atoms with Crippen LogP contribution in [0.5, 0.6) is 5.75 Å². The fourth-order valence-electron chi connectivity index (χ4n) is 2.53. The lowest BCUT2D eigenvalue weighted by atomic mass is 10.1. The average molecular weight is 320 g/mol. The van der Waals surface area contributed by atoms with E-state index in [0.717, 1.165) is 22.2 Å². The molecule has 0 aliphatic heterocycles. The van der Waals surface area contributed by atoms with Gasteiger partial charge in [0, 0.05) is 24.5 Å². The Hall–Kier alpha value is -2.88. The smallest absolute Gasteiger partial charge is 0.220 e. The van der Waals surface area contributed by atoms with E-state index in [1.165, 1.54) is 0 Å². The Balaban J connectivity index is 1.44. The fraction of sp³-hybridized carbons (Fsp3) is 0.200. The second-order valence-corrected chi connectivity index (χ2v) is 5.53. The van der Waals surface area contributed by atoms with Gasteiger partial charge in [-0.15, -0.1) is 0 Å². The van der Waals surface area contributed by atoms with E-state index in [1.807, 2.05) is 60.7 Å². The first kappa shape index (κ1) is 16.0. The van der Waals surface area contributed by atoms with E-state index in [4.69, 9.17) is 4.74 Å². The molecule has 1 amide bonds. The van der Waals surface area contributed by atoms with E-state index in [2.05, 4.69) is 10.3 Å². The van der Waals surface area contributed by atoms with Crippen LogP contribution in [0.3, 0.4) is 0 Å². The zero-order valence-corrected chi connectivity index (χ0v) is 13.4. The first-order valence-electron chi connectivity index (χ1n) is 8.10. The number of carbonyl (C=O) groups excluding carboxylic acids is 1. The number of hydrogen-bond donors (Lipinski definition) is 1. The summed E-state index contributed by atoms with van der Waals surface area (Å²) in [4.78, 5) is 16.3. The van der Waals surface area contributed by atoms with Crippen molar-refractivity contribution in [2.24, 2.45) is 0 Å². The number of aromatic nitrogens is 1. The molecule has 0 saturated carbocycles. The number of fused-ring (bicyclic) bond motifs is 1. The molecule has 4 heteroatoms. The van der Waals surface area contributed by atoms with Crippen molar-refractivity contribution in [2.45, 2.75) is 19.4 Å². The molecular weight excluding hydrogens is 300 g/mol. The number of hydrogen-bond acceptors (Lipinski definition) is 3. The molecule has 0 bridgehead atoms. The number of amides is 1. The molecule has 0 saturated heterocycles. The van der Waals surface area contributed by atoms with Gasteiger partial charge >= 0.3 is 0 Å². The standard InChI is InChI=1S/C20H20N2O2/c23-20(11-6-14-24-17-7-2-1-3-8-17)22-15-16-12-13-21-19-10-5-4-9-18(16)19/h1-5,7-10,12-13H,6,11,14-15H2,(H,22,23). The van der Waals surface area contributed by atoms with Gasteiger partial charge in [0.2, 0.25) is 5.91 Å². The van der Waals surface area contributed by atoms with Crippen LogP contribution in [0.2, 0.25) is 0 Å². The predicted molar refractivity (Wildman–Crippen MR) is 94.8 cm³/mol. The van der Waals surface area contributed by atoms with Gasteiger partial charge in [0.1, 0.15) is 5.75 Å². The van der Waals surface area contributed by atoms with E-state index in [1.54, 1.807) is 6.20 Å². The third kappa shape index (κ3) is 4.32. The van der Waals surface area contributed by atoms with Crippen LogP contribution in [-0.2, 0) is 11.3 Å². The molecule has 3 rings (SSSR count). The summed E-state index contributed by atoms with van der Waals surface area (Å²) in [6, 6.07) is 19.5.